The number of benzene rings is 1. The van der Waals surface area contributed by atoms with Gasteiger partial charge in [0.05, 0.1) is 0 Å². The molecule has 0 aromatic heterocycles. The SMILES string of the molecule is CC.Cc1c(Cl)cc(F)cc1Cl. The van der Waals surface area contributed by atoms with Gasteiger partial charge in [0.15, 0.2) is 0 Å². The van der Waals surface area contributed by atoms with Crippen LogP contribution in [0.5, 0.6) is 0 Å². The number of hydrogen-bond donors (Lipinski definition) is 0. The Kier molecular flexibility index (Phi) is 5.27. The quantitative estimate of drug-likeness (QED) is 0.591. The van der Waals surface area contributed by atoms with Crippen LogP contribution in [0.3, 0.4) is 0 Å². The number of rotatable bonds is 0. The molecule has 0 saturated heterocycles. The molecule has 1 aromatic carbocycles. The highest BCUT2D eigenvalue weighted by molar-refractivity contribution is 6.35. The van der Waals surface area contributed by atoms with Crippen LogP contribution in [0, 0.1) is 12.7 Å². The highest BCUT2D eigenvalue weighted by Crippen LogP contribution is 2.24. The van der Waals surface area contributed by atoms with Gasteiger partial charge in [0.2, 0.25) is 0 Å². The maximum Gasteiger partial charge on any atom is 0.126 e. The van der Waals surface area contributed by atoms with Crippen molar-refractivity contribution in [1.82, 2.24) is 0 Å². The highest BCUT2D eigenvalue weighted by atomic mass is 35.5. The molecule has 0 aliphatic rings. The third-order valence-corrected chi connectivity index (χ3v) is 2.03. The van der Waals surface area contributed by atoms with Gasteiger partial charge in [-0.2, -0.15) is 0 Å². The van der Waals surface area contributed by atoms with Crippen LogP contribution in [-0.2, 0) is 0 Å². The zero-order valence-corrected chi connectivity index (χ0v) is 8.80. The molecule has 0 N–H and O–H groups in total. The molecule has 0 aliphatic heterocycles. The summed E-state index contributed by atoms with van der Waals surface area (Å²) in [6.45, 7) is 5.74. The van der Waals surface area contributed by atoms with Gasteiger partial charge in [-0.05, 0) is 24.6 Å². The molecule has 0 radical (unpaired) electrons. The normalized spacial score (nSPS) is 8.83. The largest absolute Gasteiger partial charge is 0.207 e. The van der Waals surface area contributed by atoms with E-state index in [0.717, 1.165) is 0 Å². The van der Waals surface area contributed by atoms with Crippen molar-refractivity contribution >= 4 is 23.2 Å². The standard InChI is InChI=1S/C7H5Cl2F.C2H6/c1-4-6(8)2-5(10)3-7(4)9;1-2/h2-3H,1H3;1-2H3. The topological polar surface area (TPSA) is 0 Å². The Labute approximate surface area is 82.3 Å². The lowest BCUT2D eigenvalue weighted by Gasteiger charge is -1.99. The van der Waals surface area contributed by atoms with E-state index in [0.29, 0.717) is 15.6 Å². The summed E-state index contributed by atoms with van der Waals surface area (Å²) in [7, 11) is 0. The molecular formula is C9H11Cl2F. The van der Waals surface area contributed by atoms with Gasteiger partial charge in [-0.25, -0.2) is 4.39 Å². The predicted octanol–water partition coefficient (Wildman–Crippen LogP) is 4.47. The van der Waals surface area contributed by atoms with E-state index in [1.54, 1.807) is 6.92 Å². The first-order valence-corrected chi connectivity index (χ1v) is 4.48. The minimum absolute atomic E-state index is 0.366. The summed E-state index contributed by atoms with van der Waals surface area (Å²) in [4.78, 5) is 0. The summed E-state index contributed by atoms with van der Waals surface area (Å²) in [5, 5.41) is 0.731. The van der Waals surface area contributed by atoms with Gasteiger partial charge in [0.1, 0.15) is 5.82 Å². The summed E-state index contributed by atoms with van der Waals surface area (Å²) in [6.07, 6.45) is 0. The molecule has 12 heavy (non-hydrogen) atoms. The van der Waals surface area contributed by atoms with Crippen LogP contribution in [0.25, 0.3) is 0 Å². The number of halogens is 3. The van der Waals surface area contributed by atoms with Gasteiger partial charge >= 0.3 is 0 Å². The molecular weight excluding hydrogens is 198 g/mol. The lowest BCUT2D eigenvalue weighted by Crippen LogP contribution is -1.80. The Bertz CT molecular complexity index is 236. The van der Waals surface area contributed by atoms with E-state index in [1.807, 2.05) is 13.8 Å². The molecule has 1 aromatic rings. The fourth-order valence-corrected chi connectivity index (χ4v) is 1.07. The van der Waals surface area contributed by atoms with Gasteiger partial charge in [-0.15, -0.1) is 0 Å². The van der Waals surface area contributed by atoms with Crippen molar-refractivity contribution < 1.29 is 4.39 Å². The van der Waals surface area contributed by atoms with Crippen LogP contribution in [0.15, 0.2) is 12.1 Å². The van der Waals surface area contributed by atoms with Crippen LogP contribution in [0.4, 0.5) is 4.39 Å². The number of hydrogen-bond acceptors (Lipinski definition) is 0. The molecule has 0 heterocycles. The molecule has 0 saturated carbocycles. The van der Waals surface area contributed by atoms with E-state index >= 15 is 0 Å². The lowest BCUT2D eigenvalue weighted by molar-refractivity contribution is 0.627. The molecule has 0 unspecified atom stereocenters. The van der Waals surface area contributed by atoms with E-state index in [2.05, 4.69) is 0 Å². The van der Waals surface area contributed by atoms with Gasteiger partial charge in [-0.1, -0.05) is 37.0 Å². The molecule has 1 rings (SSSR count). The van der Waals surface area contributed by atoms with Crippen LogP contribution < -0.4 is 0 Å². The second-order valence-electron chi connectivity index (χ2n) is 1.99. The van der Waals surface area contributed by atoms with Crippen molar-refractivity contribution in [1.29, 1.82) is 0 Å². The maximum atomic E-state index is 12.4. The third kappa shape index (κ3) is 3.00. The van der Waals surface area contributed by atoms with Crippen LogP contribution in [0.1, 0.15) is 19.4 Å². The first kappa shape index (κ1) is 11.7. The summed E-state index contributed by atoms with van der Waals surface area (Å²) >= 11 is 11.2. The minimum atomic E-state index is -0.402. The van der Waals surface area contributed by atoms with E-state index in [4.69, 9.17) is 23.2 Å². The van der Waals surface area contributed by atoms with Gasteiger partial charge in [0, 0.05) is 10.0 Å². The first-order valence-electron chi connectivity index (χ1n) is 3.72. The van der Waals surface area contributed by atoms with E-state index in [9.17, 15) is 4.39 Å². The Balaban J connectivity index is 0.000000561. The Hall–Kier alpha value is -0.270. The van der Waals surface area contributed by atoms with Gasteiger partial charge in [-0.3, -0.25) is 0 Å². The molecule has 3 heteroatoms. The fraction of sp³-hybridized carbons (Fsp3) is 0.333. The van der Waals surface area contributed by atoms with Crippen molar-refractivity contribution in [2.45, 2.75) is 20.8 Å². The molecule has 0 nitrogen and oxygen atoms in total. The summed E-state index contributed by atoms with van der Waals surface area (Å²) in [5.41, 5.74) is 0.713. The zero-order valence-electron chi connectivity index (χ0n) is 7.29. The highest BCUT2D eigenvalue weighted by Gasteiger charge is 2.01. The lowest BCUT2D eigenvalue weighted by atomic mass is 10.2. The molecule has 0 bridgehead atoms. The summed E-state index contributed by atoms with van der Waals surface area (Å²) < 4.78 is 12.4. The third-order valence-electron chi connectivity index (χ3n) is 1.25. The van der Waals surface area contributed by atoms with E-state index in [1.165, 1.54) is 12.1 Å². The van der Waals surface area contributed by atoms with Crippen molar-refractivity contribution in [2.24, 2.45) is 0 Å². The van der Waals surface area contributed by atoms with Crippen LogP contribution in [-0.4, -0.2) is 0 Å². The Morgan fingerprint density at radius 1 is 1.08 bits per heavy atom. The molecule has 0 aliphatic carbocycles. The molecule has 0 spiro atoms. The van der Waals surface area contributed by atoms with Crippen molar-refractivity contribution in [2.75, 3.05) is 0 Å². The average Bonchev–Trinajstić information content (AvgIpc) is 2.04. The Morgan fingerprint density at radius 3 is 1.75 bits per heavy atom. The van der Waals surface area contributed by atoms with E-state index in [-0.39, 0.29) is 0 Å². The maximum absolute atomic E-state index is 12.4. The monoisotopic (exact) mass is 208 g/mol. The zero-order chi connectivity index (χ0) is 9.72. The summed E-state index contributed by atoms with van der Waals surface area (Å²) in [6, 6.07) is 2.48. The van der Waals surface area contributed by atoms with Crippen molar-refractivity contribution in [3.05, 3.63) is 33.6 Å². The first-order chi connectivity index (χ1) is 5.61. The Morgan fingerprint density at radius 2 is 1.42 bits per heavy atom. The predicted molar refractivity (Wildman–Crippen MR) is 52.5 cm³/mol. The smallest absolute Gasteiger partial charge is 0.126 e. The second kappa shape index (κ2) is 5.39. The average molecular weight is 209 g/mol. The van der Waals surface area contributed by atoms with Crippen molar-refractivity contribution in [3.63, 3.8) is 0 Å². The van der Waals surface area contributed by atoms with Gasteiger partial charge < -0.3 is 0 Å². The molecule has 0 fully saturated rings. The fourth-order valence-electron chi connectivity index (χ4n) is 0.614. The molecule has 0 atom stereocenters. The van der Waals surface area contributed by atoms with Gasteiger partial charge in [0.25, 0.3) is 0 Å². The van der Waals surface area contributed by atoms with Crippen LogP contribution >= 0.6 is 23.2 Å². The summed E-state index contributed by atoms with van der Waals surface area (Å²) in [5.74, 6) is -0.402. The minimum Gasteiger partial charge on any atom is -0.207 e. The van der Waals surface area contributed by atoms with E-state index < -0.39 is 5.82 Å². The molecule has 0 amide bonds. The second-order valence-corrected chi connectivity index (χ2v) is 2.81. The van der Waals surface area contributed by atoms with Crippen molar-refractivity contribution in [3.8, 4) is 0 Å². The molecule has 68 valence electrons. The van der Waals surface area contributed by atoms with Crippen LogP contribution in [0.2, 0.25) is 10.0 Å².